The minimum Gasteiger partial charge on any atom is -0.466 e. The second-order valence-corrected chi connectivity index (χ2v) is 9.28. The lowest BCUT2D eigenvalue weighted by atomic mass is 10.1. The Labute approximate surface area is 157 Å². The zero-order chi connectivity index (χ0) is 19.2. The van der Waals surface area contributed by atoms with Crippen LogP contribution in [0.5, 0.6) is 0 Å². The molecule has 0 atom stereocenters. The molecule has 1 aliphatic heterocycles. The molecule has 148 valence electrons. The summed E-state index contributed by atoms with van der Waals surface area (Å²) in [5.74, 6) is 2.88. The Hall–Kier alpha value is -1.54. The Balaban J connectivity index is 1.84. The van der Waals surface area contributed by atoms with Crippen LogP contribution in [0.3, 0.4) is 0 Å². The Morgan fingerprint density at radius 2 is 2.04 bits per heavy atom. The van der Waals surface area contributed by atoms with Crippen LogP contribution in [0, 0.1) is 13.8 Å². The predicted octanol–water partition coefficient (Wildman–Crippen LogP) is 1.46. The minimum atomic E-state index is -2.89. The molecule has 1 aliphatic rings. The van der Waals surface area contributed by atoms with Crippen LogP contribution in [-0.4, -0.2) is 63.5 Å². The lowest BCUT2D eigenvalue weighted by molar-refractivity contribution is 0.216. The Kier molecular flexibility index (Phi) is 7.52. The third-order valence-electron chi connectivity index (χ3n) is 4.60. The van der Waals surface area contributed by atoms with Gasteiger partial charge in [-0.2, -0.15) is 0 Å². The van der Waals surface area contributed by atoms with E-state index in [1.165, 1.54) is 6.26 Å². The normalized spacial score (nSPS) is 17.5. The highest BCUT2D eigenvalue weighted by Crippen LogP contribution is 2.15. The van der Waals surface area contributed by atoms with Crippen molar-refractivity contribution in [1.29, 1.82) is 0 Å². The van der Waals surface area contributed by atoms with Gasteiger partial charge in [0.15, 0.2) is 5.96 Å². The average Bonchev–Trinajstić information content (AvgIpc) is 2.89. The zero-order valence-electron chi connectivity index (χ0n) is 16.3. The lowest BCUT2D eigenvalue weighted by Gasteiger charge is -2.32. The molecular weight excluding hydrogens is 352 g/mol. The van der Waals surface area contributed by atoms with E-state index in [1.54, 1.807) is 0 Å². The number of piperidine rings is 1. The lowest BCUT2D eigenvalue weighted by Crippen LogP contribution is -2.49. The number of likely N-dealkylation sites (tertiary alicyclic amines) is 1. The van der Waals surface area contributed by atoms with Crippen molar-refractivity contribution in [1.82, 2.24) is 15.5 Å². The van der Waals surface area contributed by atoms with Crippen LogP contribution in [0.25, 0.3) is 0 Å². The molecule has 0 spiro atoms. The quantitative estimate of drug-likeness (QED) is 0.547. The van der Waals surface area contributed by atoms with Crippen LogP contribution >= 0.6 is 0 Å². The van der Waals surface area contributed by atoms with E-state index in [0.29, 0.717) is 19.1 Å². The maximum atomic E-state index is 11.3. The van der Waals surface area contributed by atoms with Crippen molar-refractivity contribution in [2.75, 3.05) is 38.2 Å². The summed E-state index contributed by atoms with van der Waals surface area (Å²) in [4.78, 5) is 6.90. The van der Waals surface area contributed by atoms with Crippen molar-refractivity contribution in [3.05, 3.63) is 23.2 Å². The second kappa shape index (κ2) is 9.41. The van der Waals surface area contributed by atoms with E-state index in [2.05, 4.69) is 27.4 Å². The van der Waals surface area contributed by atoms with Crippen LogP contribution in [-0.2, 0) is 16.4 Å². The van der Waals surface area contributed by atoms with Crippen LogP contribution in [0.15, 0.2) is 15.5 Å². The van der Waals surface area contributed by atoms with Crippen molar-refractivity contribution in [2.24, 2.45) is 4.99 Å². The number of furan rings is 1. The van der Waals surface area contributed by atoms with Gasteiger partial charge in [-0.05, 0) is 39.7 Å². The molecular formula is C18H32N4O3S. The molecule has 1 saturated heterocycles. The maximum absolute atomic E-state index is 11.3. The average molecular weight is 385 g/mol. The zero-order valence-corrected chi connectivity index (χ0v) is 17.2. The molecule has 0 aromatic carbocycles. The Morgan fingerprint density at radius 3 is 2.58 bits per heavy atom. The molecule has 8 heteroatoms. The van der Waals surface area contributed by atoms with E-state index in [0.717, 1.165) is 55.5 Å². The molecule has 0 radical (unpaired) electrons. The molecule has 0 saturated carbocycles. The number of aliphatic imine (C=N–C) groups is 1. The van der Waals surface area contributed by atoms with E-state index in [-0.39, 0.29) is 5.75 Å². The fraction of sp³-hybridized carbons (Fsp3) is 0.722. The molecule has 26 heavy (non-hydrogen) atoms. The van der Waals surface area contributed by atoms with Crippen molar-refractivity contribution < 1.29 is 12.8 Å². The Bertz CT molecular complexity index is 704. The van der Waals surface area contributed by atoms with Gasteiger partial charge in [-0.15, -0.1) is 0 Å². The fourth-order valence-electron chi connectivity index (χ4n) is 3.11. The first-order valence-electron chi connectivity index (χ1n) is 9.27. The van der Waals surface area contributed by atoms with Crippen LogP contribution in [0.2, 0.25) is 0 Å². The number of aryl methyl sites for hydroxylation is 2. The van der Waals surface area contributed by atoms with Crippen LogP contribution in [0.4, 0.5) is 0 Å². The molecule has 0 bridgehead atoms. The number of hydrogen-bond donors (Lipinski definition) is 2. The summed E-state index contributed by atoms with van der Waals surface area (Å²) in [6.07, 6.45) is 3.26. The largest absolute Gasteiger partial charge is 0.466 e. The van der Waals surface area contributed by atoms with Gasteiger partial charge in [0, 0.05) is 44.0 Å². The van der Waals surface area contributed by atoms with E-state index in [4.69, 9.17) is 4.42 Å². The Morgan fingerprint density at radius 1 is 1.35 bits per heavy atom. The SMILES string of the molecule is CCNC(=NCc1cc(C)oc1C)NC1CCN(CCS(C)(=O)=O)CC1. The van der Waals surface area contributed by atoms with Crippen LogP contribution < -0.4 is 10.6 Å². The van der Waals surface area contributed by atoms with Gasteiger partial charge in [-0.3, -0.25) is 0 Å². The molecule has 1 fully saturated rings. The smallest absolute Gasteiger partial charge is 0.191 e. The summed E-state index contributed by atoms with van der Waals surface area (Å²) in [5, 5.41) is 6.81. The first-order chi connectivity index (χ1) is 12.3. The third-order valence-corrected chi connectivity index (χ3v) is 5.53. The first kappa shape index (κ1) is 20.8. The molecule has 0 unspecified atom stereocenters. The van der Waals surface area contributed by atoms with Crippen molar-refractivity contribution >= 4 is 15.8 Å². The second-order valence-electron chi connectivity index (χ2n) is 7.02. The first-order valence-corrected chi connectivity index (χ1v) is 11.3. The number of nitrogens with one attached hydrogen (secondary N) is 2. The van der Waals surface area contributed by atoms with Crippen molar-refractivity contribution in [2.45, 2.75) is 46.2 Å². The summed E-state index contributed by atoms with van der Waals surface area (Å²) in [7, 11) is -2.89. The van der Waals surface area contributed by atoms with Crippen molar-refractivity contribution in [3.63, 3.8) is 0 Å². The molecule has 2 rings (SSSR count). The highest BCUT2D eigenvalue weighted by atomic mass is 32.2. The highest BCUT2D eigenvalue weighted by molar-refractivity contribution is 7.90. The summed E-state index contributed by atoms with van der Waals surface area (Å²) in [6, 6.07) is 2.39. The topological polar surface area (TPSA) is 86.9 Å². The summed E-state index contributed by atoms with van der Waals surface area (Å²) >= 11 is 0. The molecule has 1 aromatic rings. The molecule has 0 aliphatic carbocycles. The van der Waals surface area contributed by atoms with Gasteiger partial charge in [0.2, 0.25) is 0 Å². The standard InChI is InChI=1S/C18H32N4O3S/c1-5-19-18(20-13-16-12-14(2)25-15(16)3)21-17-6-8-22(9-7-17)10-11-26(4,23)24/h12,17H,5-11,13H2,1-4H3,(H2,19,20,21). The fourth-order valence-corrected chi connectivity index (χ4v) is 3.70. The highest BCUT2D eigenvalue weighted by Gasteiger charge is 2.20. The number of nitrogens with zero attached hydrogens (tertiary/aromatic N) is 2. The van der Waals surface area contributed by atoms with E-state index in [1.807, 2.05) is 19.9 Å². The monoisotopic (exact) mass is 384 g/mol. The summed E-state index contributed by atoms with van der Waals surface area (Å²) < 4.78 is 28.2. The van der Waals surface area contributed by atoms with Gasteiger partial charge < -0.3 is 20.0 Å². The third kappa shape index (κ3) is 6.99. The van der Waals surface area contributed by atoms with Gasteiger partial charge >= 0.3 is 0 Å². The molecule has 7 nitrogen and oxygen atoms in total. The number of guanidine groups is 1. The number of hydrogen-bond acceptors (Lipinski definition) is 5. The van der Waals surface area contributed by atoms with Crippen LogP contribution in [0.1, 0.15) is 36.8 Å². The van der Waals surface area contributed by atoms with Gasteiger partial charge in [0.25, 0.3) is 0 Å². The summed E-state index contributed by atoms with van der Waals surface area (Å²) in [6.45, 7) is 9.80. The van der Waals surface area contributed by atoms with Gasteiger partial charge in [-0.1, -0.05) is 0 Å². The maximum Gasteiger partial charge on any atom is 0.191 e. The minimum absolute atomic E-state index is 0.235. The van der Waals surface area contributed by atoms with Gasteiger partial charge in [-0.25, -0.2) is 13.4 Å². The van der Waals surface area contributed by atoms with Gasteiger partial charge in [0.1, 0.15) is 21.4 Å². The van der Waals surface area contributed by atoms with Gasteiger partial charge in [0.05, 0.1) is 12.3 Å². The van der Waals surface area contributed by atoms with E-state index < -0.39 is 9.84 Å². The van der Waals surface area contributed by atoms with Crippen molar-refractivity contribution in [3.8, 4) is 0 Å². The molecule has 2 heterocycles. The number of sulfone groups is 1. The van der Waals surface area contributed by atoms with E-state index in [9.17, 15) is 8.42 Å². The number of rotatable bonds is 7. The van der Waals surface area contributed by atoms with E-state index >= 15 is 0 Å². The predicted molar refractivity (Wildman–Crippen MR) is 105 cm³/mol. The molecule has 1 aromatic heterocycles. The molecule has 2 N–H and O–H groups in total. The summed E-state index contributed by atoms with van der Waals surface area (Å²) in [5.41, 5.74) is 1.11. The molecule has 0 amide bonds.